The molecular weight excluding hydrogens is 388 g/mol. The van der Waals surface area contributed by atoms with Crippen LogP contribution in [0, 0.1) is 0 Å². The lowest BCUT2D eigenvalue weighted by Crippen LogP contribution is -2.04. The van der Waals surface area contributed by atoms with Crippen molar-refractivity contribution >= 4 is 67.8 Å². The van der Waals surface area contributed by atoms with Crippen LogP contribution >= 0.6 is 23.5 Å². The molecule has 0 aliphatic rings. The summed E-state index contributed by atoms with van der Waals surface area (Å²) >= 11 is 2.71. The Labute approximate surface area is 171 Å². The van der Waals surface area contributed by atoms with Gasteiger partial charge in [0.2, 0.25) is 0 Å². The van der Waals surface area contributed by atoms with Gasteiger partial charge in [-0.15, -0.1) is 10.2 Å². The van der Waals surface area contributed by atoms with E-state index in [1.807, 2.05) is 36.8 Å². The van der Waals surface area contributed by atoms with E-state index in [0.29, 0.717) is 10.3 Å². The molecule has 0 amide bonds. The van der Waals surface area contributed by atoms with Crippen molar-refractivity contribution in [2.24, 2.45) is 31.9 Å². The van der Waals surface area contributed by atoms with E-state index >= 15 is 0 Å². The van der Waals surface area contributed by atoms with E-state index in [0.717, 1.165) is 32.7 Å². The standard InChI is InChI=1S/C20H20N6S2/c1-27-19(21)25-23-11-17-13-7-3-5-9-15(13)18(12-24-26-20(22)28-2)16-10-6-4-8-14(16)17/h3-12H,1-2H3,(H2,21,25)(H2,22,26)/b23-11+,24-12+. The molecule has 6 nitrogen and oxygen atoms in total. The highest BCUT2D eigenvalue weighted by Gasteiger charge is 2.11. The first-order valence-corrected chi connectivity index (χ1v) is 10.8. The van der Waals surface area contributed by atoms with Crippen LogP contribution in [0.3, 0.4) is 0 Å². The summed E-state index contributed by atoms with van der Waals surface area (Å²) in [5.74, 6) is 0. The molecule has 142 valence electrons. The summed E-state index contributed by atoms with van der Waals surface area (Å²) in [4.78, 5) is 0. The average molecular weight is 409 g/mol. The van der Waals surface area contributed by atoms with Gasteiger partial charge in [0, 0.05) is 11.1 Å². The Bertz CT molecular complexity index is 973. The molecule has 0 saturated heterocycles. The molecule has 0 atom stereocenters. The highest BCUT2D eigenvalue weighted by molar-refractivity contribution is 8.13. The van der Waals surface area contributed by atoms with Crippen molar-refractivity contribution in [2.45, 2.75) is 0 Å². The van der Waals surface area contributed by atoms with E-state index in [2.05, 4.69) is 44.7 Å². The van der Waals surface area contributed by atoms with Crippen LogP contribution in [-0.4, -0.2) is 35.3 Å². The fraction of sp³-hybridized carbons (Fsp3) is 0.100. The van der Waals surface area contributed by atoms with Gasteiger partial charge in [-0.2, -0.15) is 10.2 Å². The first kappa shape index (κ1) is 19.9. The van der Waals surface area contributed by atoms with Crippen molar-refractivity contribution in [3.63, 3.8) is 0 Å². The minimum absolute atomic E-state index is 0.415. The summed E-state index contributed by atoms with van der Waals surface area (Å²) in [6, 6.07) is 16.2. The predicted molar refractivity (Wildman–Crippen MR) is 127 cm³/mol. The lowest BCUT2D eigenvalue weighted by Gasteiger charge is -2.11. The molecule has 3 aromatic rings. The number of thioether (sulfide) groups is 2. The maximum atomic E-state index is 5.73. The van der Waals surface area contributed by atoms with Crippen LogP contribution in [0.25, 0.3) is 21.5 Å². The SMILES string of the molecule is CSC(N)=N/N=C/c1c2ccccc2c(/C=N/N=C(/N)SC)c2ccccc12. The van der Waals surface area contributed by atoms with Crippen LogP contribution in [-0.2, 0) is 0 Å². The second-order valence-corrected chi connectivity index (χ2v) is 7.35. The third kappa shape index (κ3) is 4.35. The first-order chi connectivity index (χ1) is 13.7. The van der Waals surface area contributed by atoms with Crippen LogP contribution in [0.5, 0.6) is 0 Å². The van der Waals surface area contributed by atoms with Crippen molar-refractivity contribution in [1.29, 1.82) is 0 Å². The Balaban J connectivity index is 2.27. The predicted octanol–water partition coefficient (Wildman–Crippen LogP) is 4.02. The second-order valence-electron chi connectivity index (χ2n) is 5.69. The lowest BCUT2D eigenvalue weighted by atomic mass is 9.92. The Hall–Kier alpha value is -2.84. The minimum Gasteiger partial charge on any atom is -0.377 e. The number of nitrogens with two attached hydrogens (primary N) is 2. The van der Waals surface area contributed by atoms with E-state index in [9.17, 15) is 0 Å². The van der Waals surface area contributed by atoms with E-state index < -0.39 is 0 Å². The second kappa shape index (κ2) is 9.38. The lowest BCUT2D eigenvalue weighted by molar-refractivity contribution is 1.25. The number of hydrogen-bond donors (Lipinski definition) is 2. The van der Waals surface area contributed by atoms with Gasteiger partial charge in [-0.3, -0.25) is 0 Å². The summed E-state index contributed by atoms with van der Waals surface area (Å²) in [6.07, 6.45) is 7.22. The molecule has 0 radical (unpaired) electrons. The highest BCUT2D eigenvalue weighted by atomic mass is 32.2. The van der Waals surface area contributed by atoms with E-state index in [1.165, 1.54) is 23.5 Å². The average Bonchev–Trinajstić information content (AvgIpc) is 2.74. The number of nitrogens with zero attached hydrogens (tertiary/aromatic N) is 4. The van der Waals surface area contributed by atoms with Crippen molar-refractivity contribution in [2.75, 3.05) is 12.5 Å². The molecule has 0 aliphatic heterocycles. The number of fused-ring (bicyclic) bond motifs is 2. The summed E-state index contributed by atoms with van der Waals surface area (Å²) < 4.78 is 0. The van der Waals surface area contributed by atoms with Crippen molar-refractivity contribution in [3.05, 3.63) is 59.7 Å². The summed E-state index contributed by atoms with van der Waals surface area (Å²) in [7, 11) is 0. The topological polar surface area (TPSA) is 101 Å². The van der Waals surface area contributed by atoms with Crippen LogP contribution in [0.1, 0.15) is 11.1 Å². The molecule has 0 heterocycles. The highest BCUT2D eigenvalue weighted by Crippen LogP contribution is 2.31. The van der Waals surface area contributed by atoms with Crippen LogP contribution in [0.2, 0.25) is 0 Å². The molecule has 0 saturated carbocycles. The van der Waals surface area contributed by atoms with Gasteiger partial charge >= 0.3 is 0 Å². The van der Waals surface area contributed by atoms with Crippen molar-refractivity contribution < 1.29 is 0 Å². The molecule has 0 aromatic heterocycles. The smallest absolute Gasteiger partial charge is 0.180 e. The Morgan fingerprint density at radius 2 is 1.00 bits per heavy atom. The van der Waals surface area contributed by atoms with Gasteiger partial charge in [0.1, 0.15) is 0 Å². The molecule has 0 unspecified atom stereocenters. The molecule has 8 heteroatoms. The number of amidine groups is 2. The van der Waals surface area contributed by atoms with Crippen LogP contribution in [0.15, 0.2) is 68.9 Å². The normalized spacial score (nSPS) is 13.4. The van der Waals surface area contributed by atoms with Gasteiger partial charge in [0.15, 0.2) is 10.3 Å². The molecule has 4 N–H and O–H groups in total. The third-order valence-corrected chi connectivity index (χ3v) is 5.12. The van der Waals surface area contributed by atoms with Gasteiger partial charge in [-0.25, -0.2) is 0 Å². The largest absolute Gasteiger partial charge is 0.377 e. The van der Waals surface area contributed by atoms with E-state index in [1.54, 1.807) is 12.4 Å². The van der Waals surface area contributed by atoms with Gasteiger partial charge < -0.3 is 11.5 Å². The fourth-order valence-electron chi connectivity index (χ4n) is 2.84. The zero-order valence-electron chi connectivity index (χ0n) is 15.5. The van der Waals surface area contributed by atoms with E-state index in [-0.39, 0.29) is 0 Å². The van der Waals surface area contributed by atoms with Crippen molar-refractivity contribution in [3.8, 4) is 0 Å². The van der Waals surface area contributed by atoms with Gasteiger partial charge in [0.25, 0.3) is 0 Å². The zero-order chi connectivity index (χ0) is 19.9. The Kier molecular flexibility index (Phi) is 6.67. The summed E-state index contributed by atoms with van der Waals surface area (Å²) in [5.41, 5.74) is 13.4. The third-order valence-electron chi connectivity index (χ3n) is 4.12. The molecular formula is C20H20N6S2. The Morgan fingerprint density at radius 1 is 0.679 bits per heavy atom. The summed E-state index contributed by atoms with van der Waals surface area (Å²) in [5, 5.41) is 21.4. The minimum atomic E-state index is 0.415. The van der Waals surface area contributed by atoms with Gasteiger partial charge in [-0.05, 0) is 34.1 Å². The number of rotatable bonds is 4. The van der Waals surface area contributed by atoms with Gasteiger partial charge in [-0.1, -0.05) is 72.1 Å². The molecule has 0 aliphatic carbocycles. The monoisotopic (exact) mass is 408 g/mol. The first-order valence-electron chi connectivity index (χ1n) is 8.40. The quantitative estimate of drug-likeness (QED) is 0.295. The number of benzene rings is 3. The van der Waals surface area contributed by atoms with Crippen molar-refractivity contribution in [1.82, 2.24) is 0 Å². The zero-order valence-corrected chi connectivity index (χ0v) is 17.2. The molecule has 28 heavy (non-hydrogen) atoms. The summed E-state index contributed by atoms with van der Waals surface area (Å²) in [6.45, 7) is 0. The molecule has 3 rings (SSSR count). The van der Waals surface area contributed by atoms with Gasteiger partial charge in [0.05, 0.1) is 12.4 Å². The molecule has 0 fully saturated rings. The fourth-order valence-corrected chi connectivity index (χ4v) is 3.10. The van der Waals surface area contributed by atoms with Crippen LogP contribution < -0.4 is 11.5 Å². The number of hydrogen-bond acceptors (Lipinski definition) is 6. The van der Waals surface area contributed by atoms with Crippen LogP contribution in [0.4, 0.5) is 0 Å². The maximum Gasteiger partial charge on any atom is 0.180 e. The van der Waals surface area contributed by atoms with E-state index in [4.69, 9.17) is 11.5 Å². The molecule has 0 spiro atoms. The maximum absolute atomic E-state index is 5.73. The molecule has 0 bridgehead atoms. The Morgan fingerprint density at radius 3 is 1.29 bits per heavy atom. The molecule has 3 aromatic carbocycles.